The van der Waals surface area contributed by atoms with Gasteiger partial charge in [-0.1, -0.05) is 25.5 Å². The molecule has 0 saturated carbocycles. The Kier molecular flexibility index (Phi) is 8.54. The summed E-state index contributed by atoms with van der Waals surface area (Å²) in [6.07, 6.45) is 1.68. The van der Waals surface area contributed by atoms with E-state index in [0.717, 1.165) is 17.7 Å². The number of benzene rings is 1. The summed E-state index contributed by atoms with van der Waals surface area (Å²) in [5, 5.41) is 4.07. The van der Waals surface area contributed by atoms with Gasteiger partial charge in [-0.05, 0) is 38.0 Å². The van der Waals surface area contributed by atoms with Gasteiger partial charge in [0, 0.05) is 5.71 Å². The Morgan fingerprint density at radius 2 is 1.88 bits per heavy atom. The smallest absolute Gasteiger partial charge is 0.314 e. The predicted molar refractivity (Wildman–Crippen MR) is 93.0 cm³/mol. The lowest BCUT2D eigenvalue weighted by atomic mass is 9.99. The molecule has 0 aromatic heterocycles. The number of hydrogen-bond donors (Lipinski definition) is 1. The van der Waals surface area contributed by atoms with E-state index in [1.165, 1.54) is 0 Å². The number of carbonyl (C=O) groups is 2. The molecule has 132 valence electrons. The summed E-state index contributed by atoms with van der Waals surface area (Å²) in [6.45, 7) is 5.81. The number of hydrogen-bond acceptors (Lipinski definition) is 5. The molecule has 0 fully saturated rings. The lowest BCUT2D eigenvalue weighted by Gasteiger charge is -2.14. The molecule has 1 amide bonds. The van der Waals surface area contributed by atoms with Gasteiger partial charge in [-0.2, -0.15) is 5.10 Å². The lowest BCUT2D eigenvalue weighted by molar-refractivity contribution is -0.145. The number of nitrogens with zero attached hydrogens (tertiary/aromatic N) is 1. The molecule has 0 bridgehead atoms. The van der Waals surface area contributed by atoms with Crippen molar-refractivity contribution in [2.24, 2.45) is 11.0 Å². The van der Waals surface area contributed by atoms with Crippen molar-refractivity contribution in [3.63, 3.8) is 0 Å². The van der Waals surface area contributed by atoms with Gasteiger partial charge in [0.2, 0.25) is 5.91 Å². The second kappa shape index (κ2) is 10.4. The van der Waals surface area contributed by atoms with E-state index in [1.807, 2.05) is 19.1 Å². The molecule has 0 aliphatic heterocycles. The maximum Gasteiger partial charge on any atom is 0.314 e. The molecule has 24 heavy (non-hydrogen) atoms. The minimum atomic E-state index is -0.420. The Hall–Kier alpha value is -2.37. The molecule has 1 aromatic rings. The Bertz CT molecular complexity index is 567. The second-order valence-electron chi connectivity index (χ2n) is 5.41. The second-order valence-corrected chi connectivity index (χ2v) is 5.41. The summed E-state index contributed by atoms with van der Waals surface area (Å²) in [7, 11) is 1.59. The summed E-state index contributed by atoms with van der Waals surface area (Å²) in [5.74, 6) is -0.218. The number of methoxy groups -OCH3 is 1. The number of hydrazone groups is 1. The highest BCUT2D eigenvalue weighted by atomic mass is 16.5. The molecule has 0 radical (unpaired) electrons. The van der Waals surface area contributed by atoms with Crippen molar-refractivity contribution < 1.29 is 19.1 Å². The van der Waals surface area contributed by atoms with Gasteiger partial charge in [-0.3, -0.25) is 9.59 Å². The average Bonchev–Trinajstić information content (AvgIpc) is 2.58. The van der Waals surface area contributed by atoms with Crippen molar-refractivity contribution in [2.45, 2.75) is 40.0 Å². The molecule has 0 aliphatic rings. The van der Waals surface area contributed by atoms with E-state index in [0.29, 0.717) is 18.7 Å². The van der Waals surface area contributed by atoms with Gasteiger partial charge in [-0.25, -0.2) is 5.43 Å². The zero-order valence-corrected chi connectivity index (χ0v) is 14.8. The SMILES string of the molecule is CCCC(C(=O)OCC)/C(C)=N/NC(=O)Cc1ccc(OC)cc1. The van der Waals surface area contributed by atoms with E-state index >= 15 is 0 Å². The van der Waals surface area contributed by atoms with Gasteiger partial charge in [0.1, 0.15) is 5.75 Å². The number of ether oxygens (including phenoxy) is 2. The van der Waals surface area contributed by atoms with Gasteiger partial charge in [0.25, 0.3) is 0 Å². The van der Waals surface area contributed by atoms with Crippen LogP contribution in [0.5, 0.6) is 5.75 Å². The fourth-order valence-corrected chi connectivity index (χ4v) is 2.23. The Labute approximate surface area is 143 Å². The molecule has 0 spiro atoms. The first kappa shape index (κ1) is 19.7. The number of carbonyl (C=O) groups excluding carboxylic acids is 2. The van der Waals surface area contributed by atoms with E-state index in [1.54, 1.807) is 33.1 Å². The number of rotatable bonds is 9. The zero-order chi connectivity index (χ0) is 17.9. The van der Waals surface area contributed by atoms with E-state index in [2.05, 4.69) is 10.5 Å². The predicted octanol–water partition coefficient (Wildman–Crippen LogP) is 2.71. The van der Waals surface area contributed by atoms with E-state index < -0.39 is 5.92 Å². The van der Waals surface area contributed by atoms with E-state index in [-0.39, 0.29) is 18.3 Å². The van der Waals surface area contributed by atoms with Gasteiger partial charge < -0.3 is 9.47 Å². The number of amides is 1. The van der Waals surface area contributed by atoms with Crippen molar-refractivity contribution in [3.05, 3.63) is 29.8 Å². The normalized spacial score (nSPS) is 12.4. The van der Waals surface area contributed by atoms with Crippen molar-refractivity contribution in [1.29, 1.82) is 0 Å². The van der Waals surface area contributed by atoms with Gasteiger partial charge in [-0.15, -0.1) is 0 Å². The molecule has 6 nitrogen and oxygen atoms in total. The Balaban J connectivity index is 2.63. The van der Waals surface area contributed by atoms with Crippen molar-refractivity contribution in [2.75, 3.05) is 13.7 Å². The van der Waals surface area contributed by atoms with Crippen molar-refractivity contribution >= 4 is 17.6 Å². The van der Waals surface area contributed by atoms with Crippen LogP contribution >= 0.6 is 0 Å². The third kappa shape index (κ3) is 6.40. The van der Waals surface area contributed by atoms with Crippen LogP contribution in [-0.4, -0.2) is 31.3 Å². The van der Waals surface area contributed by atoms with Gasteiger partial charge in [0.15, 0.2) is 0 Å². The number of nitrogens with one attached hydrogen (secondary N) is 1. The molecule has 1 unspecified atom stereocenters. The van der Waals surface area contributed by atoms with Crippen LogP contribution in [0.25, 0.3) is 0 Å². The van der Waals surface area contributed by atoms with Crippen LogP contribution in [0.4, 0.5) is 0 Å². The standard InChI is InChI=1S/C18H26N2O4/c1-5-7-16(18(22)24-6-2)13(3)19-20-17(21)12-14-8-10-15(23-4)11-9-14/h8-11,16H,5-7,12H2,1-4H3,(H,20,21)/b19-13+. The lowest BCUT2D eigenvalue weighted by Crippen LogP contribution is -2.28. The quantitative estimate of drug-likeness (QED) is 0.428. The first-order valence-corrected chi connectivity index (χ1v) is 8.14. The monoisotopic (exact) mass is 334 g/mol. The summed E-state index contributed by atoms with van der Waals surface area (Å²) in [4.78, 5) is 23.9. The van der Waals surface area contributed by atoms with Gasteiger partial charge in [0.05, 0.1) is 26.1 Å². The highest BCUT2D eigenvalue weighted by Gasteiger charge is 2.22. The highest BCUT2D eigenvalue weighted by molar-refractivity contribution is 6.01. The van der Waals surface area contributed by atoms with Crippen molar-refractivity contribution in [3.8, 4) is 5.75 Å². The minimum Gasteiger partial charge on any atom is -0.497 e. The summed E-state index contributed by atoms with van der Waals surface area (Å²) in [5.41, 5.74) is 3.92. The fraction of sp³-hybridized carbons (Fsp3) is 0.500. The third-order valence-corrected chi connectivity index (χ3v) is 3.53. The zero-order valence-electron chi connectivity index (χ0n) is 14.8. The summed E-state index contributed by atoms with van der Waals surface area (Å²) >= 11 is 0. The molecular formula is C18H26N2O4. The Morgan fingerprint density at radius 1 is 1.21 bits per heavy atom. The van der Waals surface area contributed by atoms with Crippen molar-refractivity contribution in [1.82, 2.24) is 5.43 Å². The summed E-state index contributed by atoms with van der Waals surface area (Å²) in [6, 6.07) is 7.26. The molecule has 6 heteroatoms. The molecule has 0 saturated heterocycles. The molecular weight excluding hydrogens is 308 g/mol. The van der Waals surface area contributed by atoms with Crippen LogP contribution in [0.2, 0.25) is 0 Å². The highest BCUT2D eigenvalue weighted by Crippen LogP contribution is 2.12. The van der Waals surface area contributed by atoms with E-state index in [9.17, 15) is 9.59 Å². The molecule has 0 aliphatic carbocycles. The fourth-order valence-electron chi connectivity index (χ4n) is 2.23. The minimum absolute atomic E-state index is 0.207. The number of esters is 1. The maximum absolute atomic E-state index is 12.0. The maximum atomic E-state index is 12.0. The van der Waals surface area contributed by atoms with Crippen LogP contribution in [0.15, 0.2) is 29.4 Å². The average molecular weight is 334 g/mol. The third-order valence-electron chi connectivity index (χ3n) is 3.53. The topological polar surface area (TPSA) is 77.0 Å². The van der Waals surface area contributed by atoms with Crippen LogP contribution in [-0.2, 0) is 20.7 Å². The van der Waals surface area contributed by atoms with Gasteiger partial charge >= 0.3 is 5.97 Å². The first-order valence-electron chi connectivity index (χ1n) is 8.14. The van der Waals surface area contributed by atoms with E-state index in [4.69, 9.17) is 9.47 Å². The van der Waals surface area contributed by atoms with Crippen LogP contribution in [0.1, 0.15) is 39.2 Å². The molecule has 1 rings (SSSR count). The van der Waals surface area contributed by atoms with Crippen LogP contribution < -0.4 is 10.2 Å². The van der Waals surface area contributed by atoms with Crippen LogP contribution in [0, 0.1) is 5.92 Å². The summed E-state index contributed by atoms with van der Waals surface area (Å²) < 4.78 is 10.1. The Morgan fingerprint density at radius 3 is 2.42 bits per heavy atom. The molecule has 1 N–H and O–H groups in total. The van der Waals surface area contributed by atoms with Crippen LogP contribution in [0.3, 0.4) is 0 Å². The molecule has 1 atom stereocenters. The molecule has 1 aromatic carbocycles. The molecule has 0 heterocycles. The first-order chi connectivity index (χ1) is 11.5. The largest absolute Gasteiger partial charge is 0.497 e.